The summed E-state index contributed by atoms with van der Waals surface area (Å²) in [4.78, 5) is 4.71. The standard InChI is InChI=1S/C21H23FN8/c1-27-10-12-28(13-11-27)15-29-20(14-30-19-5-3-2-4-18(19)23-26-30)24-25-21(29)16-6-8-17(22)9-7-16/h2-9H,10-15H2,1H3. The zero-order valence-electron chi connectivity index (χ0n) is 16.8. The number of fused-ring (bicyclic) bond motifs is 1. The fraction of sp³-hybridized carbons (Fsp3) is 0.333. The van der Waals surface area contributed by atoms with E-state index in [1.54, 1.807) is 12.1 Å². The van der Waals surface area contributed by atoms with Crippen LogP contribution in [-0.2, 0) is 13.2 Å². The van der Waals surface area contributed by atoms with Crippen molar-refractivity contribution in [3.8, 4) is 11.4 Å². The molecule has 0 N–H and O–H groups in total. The van der Waals surface area contributed by atoms with E-state index in [4.69, 9.17) is 0 Å². The fourth-order valence-electron chi connectivity index (χ4n) is 3.77. The van der Waals surface area contributed by atoms with Crippen LogP contribution in [0.25, 0.3) is 22.4 Å². The van der Waals surface area contributed by atoms with Crippen LogP contribution in [0.15, 0.2) is 48.5 Å². The predicted octanol–water partition coefficient (Wildman–Crippen LogP) is 2.08. The molecule has 1 saturated heterocycles. The van der Waals surface area contributed by atoms with E-state index in [-0.39, 0.29) is 5.82 Å². The summed E-state index contributed by atoms with van der Waals surface area (Å²) in [5, 5.41) is 17.5. The molecule has 8 nitrogen and oxygen atoms in total. The molecule has 0 amide bonds. The zero-order chi connectivity index (χ0) is 20.5. The largest absolute Gasteiger partial charge is 0.304 e. The van der Waals surface area contributed by atoms with E-state index in [1.807, 2.05) is 28.9 Å². The SMILES string of the molecule is CN1CCN(Cn2c(Cn3nnc4ccccc43)nnc2-c2ccc(F)cc2)CC1. The highest BCUT2D eigenvalue weighted by Gasteiger charge is 2.20. The molecule has 0 aliphatic carbocycles. The van der Waals surface area contributed by atoms with Crippen molar-refractivity contribution in [1.82, 2.24) is 39.6 Å². The van der Waals surface area contributed by atoms with Crippen LogP contribution < -0.4 is 0 Å². The Balaban J connectivity index is 1.50. The molecule has 1 aliphatic rings. The van der Waals surface area contributed by atoms with Crippen molar-refractivity contribution in [2.24, 2.45) is 0 Å². The van der Waals surface area contributed by atoms with Gasteiger partial charge in [-0.25, -0.2) is 9.07 Å². The third-order valence-electron chi connectivity index (χ3n) is 5.58. The summed E-state index contributed by atoms with van der Waals surface area (Å²) < 4.78 is 17.4. The lowest BCUT2D eigenvalue weighted by Crippen LogP contribution is -2.45. The molecule has 0 spiro atoms. The Morgan fingerprint density at radius 3 is 2.47 bits per heavy atom. The Hall–Kier alpha value is -3.17. The Labute approximate surface area is 173 Å². The smallest absolute Gasteiger partial charge is 0.165 e. The molecule has 1 fully saturated rings. The van der Waals surface area contributed by atoms with E-state index in [2.05, 4.69) is 41.9 Å². The molecular formula is C21H23FN8. The van der Waals surface area contributed by atoms with Gasteiger partial charge in [0.2, 0.25) is 0 Å². The van der Waals surface area contributed by atoms with Crippen molar-refractivity contribution in [2.75, 3.05) is 33.2 Å². The Morgan fingerprint density at radius 1 is 0.900 bits per heavy atom. The summed E-state index contributed by atoms with van der Waals surface area (Å²) in [5.41, 5.74) is 2.64. The number of rotatable bonds is 5. The van der Waals surface area contributed by atoms with Gasteiger partial charge in [0, 0.05) is 31.7 Å². The van der Waals surface area contributed by atoms with Crippen LogP contribution in [0.2, 0.25) is 0 Å². The minimum Gasteiger partial charge on any atom is -0.304 e. The number of benzene rings is 2. The first-order valence-corrected chi connectivity index (χ1v) is 10.0. The number of para-hydroxylation sites is 1. The second kappa shape index (κ2) is 7.92. The Bertz CT molecular complexity index is 1140. The predicted molar refractivity (Wildman–Crippen MR) is 111 cm³/mol. The number of nitrogens with zero attached hydrogens (tertiary/aromatic N) is 8. The number of likely N-dealkylation sites (N-methyl/N-ethyl adjacent to an activating group) is 1. The maximum absolute atomic E-state index is 13.4. The van der Waals surface area contributed by atoms with Gasteiger partial charge in [0.05, 0.1) is 12.2 Å². The molecule has 0 atom stereocenters. The van der Waals surface area contributed by atoms with Crippen molar-refractivity contribution in [3.63, 3.8) is 0 Å². The maximum atomic E-state index is 13.4. The van der Waals surface area contributed by atoms with E-state index in [0.29, 0.717) is 13.2 Å². The Kier molecular flexibility index (Phi) is 4.97. The van der Waals surface area contributed by atoms with Gasteiger partial charge in [-0.15, -0.1) is 15.3 Å². The maximum Gasteiger partial charge on any atom is 0.165 e. The molecule has 0 saturated carbocycles. The van der Waals surface area contributed by atoms with Crippen LogP contribution in [-0.4, -0.2) is 72.8 Å². The summed E-state index contributed by atoms with van der Waals surface area (Å²) >= 11 is 0. The molecule has 2 aromatic heterocycles. The molecule has 154 valence electrons. The monoisotopic (exact) mass is 406 g/mol. The van der Waals surface area contributed by atoms with Gasteiger partial charge in [-0.3, -0.25) is 9.47 Å². The molecule has 1 aliphatic heterocycles. The van der Waals surface area contributed by atoms with E-state index < -0.39 is 0 Å². The molecule has 4 aromatic rings. The van der Waals surface area contributed by atoms with Crippen LogP contribution in [0.1, 0.15) is 5.82 Å². The van der Waals surface area contributed by atoms with Crippen molar-refractivity contribution >= 4 is 11.0 Å². The van der Waals surface area contributed by atoms with E-state index in [9.17, 15) is 4.39 Å². The minimum atomic E-state index is -0.266. The second-order valence-electron chi connectivity index (χ2n) is 7.67. The topological polar surface area (TPSA) is 67.9 Å². The van der Waals surface area contributed by atoms with Crippen LogP contribution in [0, 0.1) is 5.82 Å². The van der Waals surface area contributed by atoms with Crippen molar-refractivity contribution in [2.45, 2.75) is 13.2 Å². The fourth-order valence-corrected chi connectivity index (χ4v) is 3.77. The van der Waals surface area contributed by atoms with Gasteiger partial charge in [0.15, 0.2) is 11.6 Å². The molecule has 0 radical (unpaired) electrons. The van der Waals surface area contributed by atoms with Crippen molar-refractivity contribution in [3.05, 3.63) is 60.2 Å². The van der Waals surface area contributed by atoms with E-state index >= 15 is 0 Å². The molecule has 5 rings (SSSR count). The van der Waals surface area contributed by atoms with Crippen LogP contribution >= 0.6 is 0 Å². The lowest BCUT2D eigenvalue weighted by molar-refractivity contribution is 0.124. The summed E-state index contributed by atoms with van der Waals surface area (Å²) in [7, 11) is 2.14. The van der Waals surface area contributed by atoms with Crippen molar-refractivity contribution in [1.29, 1.82) is 0 Å². The van der Waals surface area contributed by atoms with Gasteiger partial charge in [-0.05, 0) is 43.4 Å². The van der Waals surface area contributed by atoms with Crippen LogP contribution in [0.5, 0.6) is 0 Å². The highest BCUT2D eigenvalue weighted by molar-refractivity contribution is 5.73. The number of hydrogen-bond donors (Lipinski definition) is 0. The summed E-state index contributed by atoms with van der Waals surface area (Å²) in [6.07, 6.45) is 0. The van der Waals surface area contributed by atoms with Gasteiger partial charge >= 0.3 is 0 Å². The number of piperazine rings is 1. The minimum absolute atomic E-state index is 0.266. The highest BCUT2D eigenvalue weighted by atomic mass is 19.1. The molecule has 3 heterocycles. The van der Waals surface area contributed by atoms with E-state index in [1.165, 1.54) is 12.1 Å². The van der Waals surface area contributed by atoms with Crippen molar-refractivity contribution < 1.29 is 4.39 Å². The summed E-state index contributed by atoms with van der Waals surface area (Å²) in [5.74, 6) is 1.26. The summed E-state index contributed by atoms with van der Waals surface area (Å²) in [6.45, 7) is 5.14. The lowest BCUT2D eigenvalue weighted by atomic mass is 10.2. The van der Waals surface area contributed by atoms with Gasteiger partial charge in [-0.2, -0.15) is 0 Å². The molecule has 30 heavy (non-hydrogen) atoms. The first-order chi connectivity index (χ1) is 14.7. The quantitative estimate of drug-likeness (QED) is 0.506. The third kappa shape index (κ3) is 3.69. The molecule has 9 heteroatoms. The number of hydrogen-bond acceptors (Lipinski definition) is 6. The lowest BCUT2D eigenvalue weighted by Gasteiger charge is -2.33. The second-order valence-corrected chi connectivity index (χ2v) is 7.67. The van der Waals surface area contributed by atoms with E-state index in [0.717, 1.165) is 54.4 Å². The average molecular weight is 406 g/mol. The normalized spacial score (nSPS) is 15.8. The third-order valence-corrected chi connectivity index (χ3v) is 5.58. The first-order valence-electron chi connectivity index (χ1n) is 10.0. The zero-order valence-corrected chi connectivity index (χ0v) is 16.8. The summed E-state index contributed by atoms with van der Waals surface area (Å²) in [6, 6.07) is 14.3. The molecule has 0 bridgehead atoms. The molecule has 0 unspecified atom stereocenters. The van der Waals surface area contributed by atoms with Gasteiger partial charge < -0.3 is 4.90 Å². The van der Waals surface area contributed by atoms with Crippen LogP contribution in [0.4, 0.5) is 4.39 Å². The highest BCUT2D eigenvalue weighted by Crippen LogP contribution is 2.21. The first kappa shape index (κ1) is 18.8. The Morgan fingerprint density at radius 2 is 1.67 bits per heavy atom. The number of halogens is 1. The van der Waals surface area contributed by atoms with Crippen LogP contribution in [0.3, 0.4) is 0 Å². The van der Waals surface area contributed by atoms with Gasteiger partial charge in [0.25, 0.3) is 0 Å². The molecular weight excluding hydrogens is 383 g/mol. The van der Waals surface area contributed by atoms with Gasteiger partial charge in [0.1, 0.15) is 17.9 Å². The number of aromatic nitrogens is 6. The van der Waals surface area contributed by atoms with Gasteiger partial charge in [-0.1, -0.05) is 17.3 Å². The molecule has 2 aromatic carbocycles. The average Bonchev–Trinajstić information content (AvgIpc) is 3.35.